The quantitative estimate of drug-likeness (QED) is 0.775. The zero-order valence-corrected chi connectivity index (χ0v) is 13.9. The van der Waals surface area contributed by atoms with Gasteiger partial charge in [-0.1, -0.05) is 23.7 Å². The summed E-state index contributed by atoms with van der Waals surface area (Å²) >= 11 is 6.00. The number of nitrogens with zero attached hydrogens (tertiary/aromatic N) is 2. The fourth-order valence-corrected chi connectivity index (χ4v) is 2.71. The van der Waals surface area contributed by atoms with Crippen LogP contribution in [0.25, 0.3) is 11.0 Å². The molecule has 0 aliphatic carbocycles. The summed E-state index contributed by atoms with van der Waals surface area (Å²) in [5.41, 5.74) is 2.91. The number of aryl methyl sites for hydroxylation is 2. The third-order valence-corrected chi connectivity index (χ3v) is 4.23. The van der Waals surface area contributed by atoms with E-state index in [-0.39, 0.29) is 6.61 Å². The second-order valence-electron chi connectivity index (χ2n) is 5.63. The van der Waals surface area contributed by atoms with E-state index in [1.54, 1.807) is 12.1 Å². The summed E-state index contributed by atoms with van der Waals surface area (Å²) in [6.45, 7) is 4.52. The highest BCUT2D eigenvalue weighted by Gasteiger charge is 2.12. The van der Waals surface area contributed by atoms with Crippen molar-refractivity contribution in [3.05, 3.63) is 58.9 Å². The molecular weight excluding hydrogens is 312 g/mol. The van der Waals surface area contributed by atoms with Gasteiger partial charge in [-0.3, -0.25) is 0 Å². The maximum atomic E-state index is 10.3. The maximum Gasteiger partial charge on any atom is 0.119 e. The largest absolute Gasteiger partial charge is 0.491 e. The normalized spacial score (nSPS) is 12.5. The molecule has 1 aromatic heterocycles. The van der Waals surface area contributed by atoms with Gasteiger partial charge in [0.1, 0.15) is 24.3 Å². The molecule has 0 spiro atoms. The average Bonchev–Trinajstić information content (AvgIpc) is 2.84. The van der Waals surface area contributed by atoms with Crippen LogP contribution < -0.4 is 4.74 Å². The molecule has 3 rings (SSSR count). The zero-order chi connectivity index (χ0) is 16.4. The van der Waals surface area contributed by atoms with Crippen molar-refractivity contribution >= 4 is 22.6 Å². The second-order valence-corrected chi connectivity index (χ2v) is 6.04. The first-order chi connectivity index (χ1) is 11.0. The highest BCUT2D eigenvalue weighted by molar-refractivity contribution is 6.31. The van der Waals surface area contributed by atoms with Crippen LogP contribution in [0.3, 0.4) is 0 Å². The number of aromatic nitrogens is 2. The molecule has 23 heavy (non-hydrogen) atoms. The number of para-hydroxylation sites is 2. The van der Waals surface area contributed by atoms with Crippen molar-refractivity contribution in [3.63, 3.8) is 0 Å². The number of rotatable bonds is 5. The molecule has 3 aromatic rings. The van der Waals surface area contributed by atoms with Gasteiger partial charge < -0.3 is 14.4 Å². The predicted molar refractivity (Wildman–Crippen MR) is 92.2 cm³/mol. The van der Waals surface area contributed by atoms with Crippen molar-refractivity contribution in [1.82, 2.24) is 9.55 Å². The molecule has 0 saturated carbocycles. The molecule has 1 N–H and O–H groups in total. The summed E-state index contributed by atoms with van der Waals surface area (Å²) in [6, 6.07) is 13.4. The monoisotopic (exact) mass is 330 g/mol. The van der Waals surface area contributed by atoms with Crippen LogP contribution in [0, 0.1) is 13.8 Å². The Kier molecular flexibility index (Phi) is 4.55. The Bertz CT molecular complexity index is 829. The minimum absolute atomic E-state index is 0.215. The summed E-state index contributed by atoms with van der Waals surface area (Å²) in [5, 5.41) is 11.0. The van der Waals surface area contributed by atoms with E-state index in [0.717, 1.165) is 22.4 Å². The van der Waals surface area contributed by atoms with Gasteiger partial charge in [0.15, 0.2) is 0 Å². The van der Waals surface area contributed by atoms with E-state index in [9.17, 15) is 5.11 Å². The molecule has 0 bridgehead atoms. The minimum atomic E-state index is -0.623. The van der Waals surface area contributed by atoms with E-state index in [4.69, 9.17) is 16.3 Å². The SMILES string of the molecule is Cc1cc(OC[C@H](O)Cn2c(C)nc3ccccc32)ccc1Cl. The van der Waals surface area contributed by atoms with Gasteiger partial charge in [0.2, 0.25) is 0 Å². The Hall–Kier alpha value is -2.04. The van der Waals surface area contributed by atoms with E-state index in [0.29, 0.717) is 17.3 Å². The lowest BCUT2D eigenvalue weighted by Gasteiger charge is -2.15. The van der Waals surface area contributed by atoms with Gasteiger partial charge in [-0.2, -0.15) is 0 Å². The number of fused-ring (bicyclic) bond motifs is 1. The van der Waals surface area contributed by atoms with Crippen molar-refractivity contribution in [3.8, 4) is 5.75 Å². The number of ether oxygens (including phenoxy) is 1. The highest BCUT2D eigenvalue weighted by Crippen LogP contribution is 2.21. The average molecular weight is 331 g/mol. The first-order valence-electron chi connectivity index (χ1n) is 7.53. The molecule has 0 fully saturated rings. The number of imidazole rings is 1. The van der Waals surface area contributed by atoms with Crippen LogP contribution in [-0.4, -0.2) is 27.4 Å². The van der Waals surface area contributed by atoms with Gasteiger partial charge >= 0.3 is 0 Å². The summed E-state index contributed by atoms with van der Waals surface area (Å²) in [6.07, 6.45) is -0.623. The molecule has 2 aromatic carbocycles. The van der Waals surface area contributed by atoms with Crippen LogP contribution in [-0.2, 0) is 6.54 Å². The number of aliphatic hydroxyl groups is 1. The van der Waals surface area contributed by atoms with Gasteiger partial charge in [-0.25, -0.2) is 4.98 Å². The van der Waals surface area contributed by atoms with E-state index in [1.165, 1.54) is 0 Å². The summed E-state index contributed by atoms with van der Waals surface area (Å²) in [7, 11) is 0. The molecule has 0 amide bonds. The number of hydrogen-bond acceptors (Lipinski definition) is 3. The van der Waals surface area contributed by atoms with Crippen LogP contribution >= 0.6 is 11.6 Å². The first kappa shape index (κ1) is 15.8. The van der Waals surface area contributed by atoms with Crippen molar-refractivity contribution < 1.29 is 9.84 Å². The molecule has 1 atom stereocenters. The second kappa shape index (κ2) is 6.60. The standard InChI is InChI=1S/C18H19ClN2O2/c1-12-9-15(7-8-16(12)19)23-11-14(22)10-21-13(2)20-17-5-3-4-6-18(17)21/h3-9,14,22H,10-11H2,1-2H3/t14-/m1/s1. The number of hydrogen-bond donors (Lipinski definition) is 1. The molecule has 0 radical (unpaired) electrons. The smallest absolute Gasteiger partial charge is 0.119 e. The first-order valence-corrected chi connectivity index (χ1v) is 7.91. The van der Waals surface area contributed by atoms with Gasteiger partial charge in [-0.05, 0) is 49.7 Å². The molecule has 0 aliphatic rings. The molecule has 0 aliphatic heterocycles. The Labute approximate surface area is 140 Å². The van der Waals surface area contributed by atoms with Crippen molar-refractivity contribution in [2.45, 2.75) is 26.5 Å². The van der Waals surface area contributed by atoms with Crippen LogP contribution in [0.1, 0.15) is 11.4 Å². The molecule has 1 heterocycles. The Morgan fingerprint density at radius 1 is 1.22 bits per heavy atom. The van der Waals surface area contributed by atoms with E-state index < -0.39 is 6.10 Å². The zero-order valence-electron chi connectivity index (χ0n) is 13.2. The van der Waals surface area contributed by atoms with Gasteiger partial charge in [0, 0.05) is 5.02 Å². The number of halogens is 1. The fraction of sp³-hybridized carbons (Fsp3) is 0.278. The Morgan fingerprint density at radius 2 is 2.00 bits per heavy atom. The van der Waals surface area contributed by atoms with E-state index in [1.807, 2.05) is 48.7 Å². The van der Waals surface area contributed by atoms with Gasteiger partial charge in [0.05, 0.1) is 17.6 Å². The Morgan fingerprint density at radius 3 is 2.78 bits per heavy atom. The maximum absolute atomic E-state index is 10.3. The lowest BCUT2D eigenvalue weighted by Crippen LogP contribution is -2.24. The van der Waals surface area contributed by atoms with Crippen LogP contribution in [0.4, 0.5) is 0 Å². The lowest BCUT2D eigenvalue weighted by molar-refractivity contribution is 0.0929. The lowest BCUT2D eigenvalue weighted by atomic mass is 10.2. The predicted octanol–water partition coefficient (Wildman–Crippen LogP) is 3.75. The molecule has 0 unspecified atom stereocenters. The van der Waals surface area contributed by atoms with Gasteiger partial charge in [0.25, 0.3) is 0 Å². The van der Waals surface area contributed by atoms with Crippen LogP contribution in [0.2, 0.25) is 5.02 Å². The molecule has 120 valence electrons. The van der Waals surface area contributed by atoms with E-state index in [2.05, 4.69) is 4.98 Å². The number of aliphatic hydroxyl groups excluding tert-OH is 1. The third-order valence-electron chi connectivity index (χ3n) is 3.81. The molecule has 4 nitrogen and oxygen atoms in total. The fourth-order valence-electron chi connectivity index (χ4n) is 2.59. The van der Waals surface area contributed by atoms with Crippen molar-refractivity contribution in [1.29, 1.82) is 0 Å². The van der Waals surface area contributed by atoms with Gasteiger partial charge in [-0.15, -0.1) is 0 Å². The molecular formula is C18H19ClN2O2. The van der Waals surface area contributed by atoms with Crippen LogP contribution in [0.5, 0.6) is 5.75 Å². The number of benzene rings is 2. The highest BCUT2D eigenvalue weighted by atomic mass is 35.5. The van der Waals surface area contributed by atoms with Crippen molar-refractivity contribution in [2.75, 3.05) is 6.61 Å². The summed E-state index contributed by atoms with van der Waals surface area (Å²) < 4.78 is 7.67. The summed E-state index contributed by atoms with van der Waals surface area (Å²) in [4.78, 5) is 4.50. The Balaban J connectivity index is 1.67. The van der Waals surface area contributed by atoms with E-state index >= 15 is 0 Å². The van der Waals surface area contributed by atoms with Crippen LogP contribution in [0.15, 0.2) is 42.5 Å². The van der Waals surface area contributed by atoms with Crippen molar-refractivity contribution in [2.24, 2.45) is 0 Å². The topological polar surface area (TPSA) is 47.3 Å². The molecule has 0 saturated heterocycles. The summed E-state index contributed by atoms with van der Waals surface area (Å²) in [5.74, 6) is 1.59. The third kappa shape index (κ3) is 3.49. The minimum Gasteiger partial charge on any atom is -0.491 e. The molecule has 5 heteroatoms.